The predicted octanol–water partition coefficient (Wildman–Crippen LogP) is -1.26. The monoisotopic (exact) mass is 472 g/mol. The summed E-state index contributed by atoms with van der Waals surface area (Å²) in [6, 6.07) is -4.93. The van der Waals surface area contributed by atoms with E-state index in [9.17, 15) is 33.9 Å². The fourth-order valence-electron chi connectivity index (χ4n) is 3.55. The summed E-state index contributed by atoms with van der Waals surface area (Å²) in [7, 11) is 0. The van der Waals surface area contributed by atoms with Crippen molar-refractivity contribution >= 4 is 35.6 Å². The van der Waals surface area contributed by atoms with Crippen molar-refractivity contribution in [2.45, 2.75) is 76.5 Å². The smallest absolute Gasteiger partial charge is 0.326 e. The summed E-state index contributed by atoms with van der Waals surface area (Å²) in [5.74, 6) is -6.14. The van der Waals surface area contributed by atoms with Gasteiger partial charge in [0.1, 0.15) is 18.1 Å². The minimum atomic E-state index is -1.46. The van der Waals surface area contributed by atoms with Crippen LogP contribution in [0, 0.1) is 5.92 Å². The number of carbonyl (C=O) groups is 6. The Kier molecular flexibility index (Phi) is 10.7. The van der Waals surface area contributed by atoms with Gasteiger partial charge >= 0.3 is 17.9 Å². The zero-order valence-corrected chi connectivity index (χ0v) is 18.7. The number of likely N-dealkylation sites (tertiary alicyclic amines) is 1. The number of aliphatic carboxylic acids is 3. The summed E-state index contributed by atoms with van der Waals surface area (Å²) >= 11 is 0. The molecule has 13 nitrogen and oxygen atoms in total. The average molecular weight is 472 g/mol. The van der Waals surface area contributed by atoms with Crippen molar-refractivity contribution in [1.82, 2.24) is 15.5 Å². The second-order valence-electron chi connectivity index (χ2n) is 8.42. The number of rotatable bonds is 13. The van der Waals surface area contributed by atoms with E-state index in [1.54, 1.807) is 13.8 Å². The SMILES string of the molecule is CC(C)CC(NC(=O)C(CCC(=O)O)NC(=O)C(N)CC(=O)O)C(=O)N1CCCC1C(=O)O. The molecule has 33 heavy (non-hydrogen) atoms. The van der Waals surface area contributed by atoms with Gasteiger partial charge in [0.05, 0.1) is 12.5 Å². The molecule has 13 heteroatoms. The first-order valence-electron chi connectivity index (χ1n) is 10.7. The highest BCUT2D eigenvalue weighted by atomic mass is 16.4. The van der Waals surface area contributed by atoms with Crippen LogP contribution in [0.2, 0.25) is 0 Å². The maximum absolute atomic E-state index is 13.1. The Balaban J connectivity index is 3.02. The molecule has 7 N–H and O–H groups in total. The van der Waals surface area contributed by atoms with Crippen LogP contribution in [0.3, 0.4) is 0 Å². The van der Waals surface area contributed by atoms with Gasteiger partial charge in [-0.05, 0) is 31.6 Å². The van der Waals surface area contributed by atoms with E-state index in [0.717, 1.165) is 0 Å². The molecule has 186 valence electrons. The Bertz CT molecular complexity index is 771. The third kappa shape index (κ3) is 9.04. The lowest BCUT2D eigenvalue weighted by Gasteiger charge is -2.29. The molecule has 1 fully saturated rings. The van der Waals surface area contributed by atoms with E-state index in [1.165, 1.54) is 4.90 Å². The Morgan fingerprint density at radius 3 is 2.09 bits per heavy atom. The molecule has 1 saturated heterocycles. The molecule has 0 saturated carbocycles. The van der Waals surface area contributed by atoms with Crippen LogP contribution in [0.25, 0.3) is 0 Å². The number of nitrogens with two attached hydrogens (primary N) is 1. The molecule has 4 atom stereocenters. The number of carboxylic acids is 3. The highest BCUT2D eigenvalue weighted by Gasteiger charge is 2.38. The average Bonchev–Trinajstić information content (AvgIpc) is 3.18. The normalized spacial score (nSPS) is 18.3. The zero-order valence-electron chi connectivity index (χ0n) is 18.7. The van der Waals surface area contributed by atoms with Crippen molar-refractivity contribution < 1.29 is 44.1 Å². The van der Waals surface area contributed by atoms with Crippen molar-refractivity contribution in [2.75, 3.05) is 6.54 Å². The number of hydrogen-bond donors (Lipinski definition) is 6. The van der Waals surface area contributed by atoms with Gasteiger partial charge in [0.25, 0.3) is 0 Å². The van der Waals surface area contributed by atoms with Gasteiger partial charge in [-0.1, -0.05) is 13.8 Å². The fourth-order valence-corrected chi connectivity index (χ4v) is 3.55. The highest BCUT2D eigenvalue weighted by Crippen LogP contribution is 2.20. The van der Waals surface area contributed by atoms with Gasteiger partial charge < -0.3 is 36.6 Å². The van der Waals surface area contributed by atoms with Gasteiger partial charge in [0.15, 0.2) is 0 Å². The van der Waals surface area contributed by atoms with Crippen LogP contribution in [0.15, 0.2) is 0 Å². The Morgan fingerprint density at radius 1 is 0.970 bits per heavy atom. The summed E-state index contributed by atoms with van der Waals surface area (Å²) in [6.07, 6.45) is -0.518. The Hall–Kier alpha value is -3.22. The van der Waals surface area contributed by atoms with E-state index in [1.807, 2.05) is 0 Å². The van der Waals surface area contributed by atoms with Gasteiger partial charge in [-0.2, -0.15) is 0 Å². The molecule has 0 radical (unpaired) electrons. The molecular weight excluding hydrogens is 440 g/mol. The van der Waals surface area contributed by atoms with E-state index in [4.69, 9.17) is 15.9 Å². The quantitative estimate of drug-likeness (QED) is 0.187. The van der Waals surface area contributed by atoms with E-state index in [0.29, 0.717) is 12.8 Å². The molecule has 1 rings (SSSR count). The number of amides is 3. The molecule has 1 heterocycles. The first-order chi connectivity index (χ1) is 15.3. The molecule has 0 bridgehead atoms. The van der Waals surface area contributed by atoms with Crippen LogP contribution in [0.5, 0.6) is 0 Å². The van der Waals surface area contributed by atoms with Gasteiger partial charge in [0, 0.05) is 13.0 Å². The van der Waals surface area contributed by atoms with E-state index in [2.05, 4.69) is 10.6 Å². The number of carboxylic acid groups (broad SMARTS) is 3. The van der Waals surface area contributed by atoms with Crippen molar-refractivity contribution in [3.8, 4) is 0 Å². The van der Waals surface area contributed by atoms with Gasteiger partial charge in [-0.3, -0.25) is 24.0 Å². The van der Waals surface area contributed by atoms with Crippen LogP contribution in [-0.2, 0) is 28.8 Å². The third-order valence-electron chi connectivity index (χ3n) is 5.15. The van der Waals surface area contributed by atoms with Gasteiger partial charge in [-0.25, -0.2) is 4.79 Å². The molecule has 0 spiro atoms. The van der Waals surface area contributed by atoms with Crippen molar-refractivity contribution in [3.63, 3.8) is 0 Å². The maximum Gasteiger partial charge on any atom is 0.326 e. The van der Waals surface area contributed by atoms with Crippen molar-refractivity contribution in [1.29, 1.82) is 0 Å². The van der Waals surface area contributed by atoms with Crippen molar-refractivity contribution in [2.24, 2.45) is 11.7 Å². The molecule has 0 aliphatic carbocycles. The predicted molar refractivity (Wildman–Crippen MR) is 113 cm³/mol. The van der Waals surface area contributed by atoms with Gasteiger partial charge in [0.2, 0.25) is 17.7 Å². The molecule has 0 aromatic carbocycles. The minimum absolute atomic E-state index is 0.0545. The largest absolute Gasteiger partial charge is 0.481 e. The number of carbonyl (C=O) groups excluding carboxylic acids is 3. The van der Waals surface area contributed by atoms with Crippen LogP contribution >= 0.6 is 0 Å². The second kappa shape index (κ2) is 12.7. The van der Waals surface area contributed by atoms with Crippen LogP contribution in [0.4, 0.5) is 0 Å². The molecule has 4 unspecified atom stereocenters. The van der Waals surface area contributed by atoms with E-state index in [-0.39, 0.29) is 25.3 Å². The highest BCUT2D eigenvalue weighted by molar-refractivity contribution is 5.95. The lowest BCUT2D eigenvalue weighted by atomic mass is 10.0. The minimum Gasteiger partial charge on any atom is -0.481 e. The zero-order chi connectivity index (χ0) is 25.3. The summed E-state index contributed by atoms with van der Waals surface area (Å²) in [4.78, 5) is 72.6. The molecule has 0 aromatic rings. The van der Waals surface area contributed by atoms with E-state index < -0.39 is 72.6 Å². The topological polar surface area (TPSA) is 216 Å². The summed E-state index contributed by atoms with van der Waals surface area (Å²) < 4.78 is 0. The fraction of sp³-hybridized carbons (Fsp3) is 0.700. The molecule has 0 aromatic heterocycles. The summed E-state index contributed by atoms with van der Waals surface area (Å²) in [6.45, 7) is 3.84. The summed E-state index contributed by atoms with van der Waals surface area (Å²) in [5, 5.41) is 31.9. The first-order valence-corrected chi connectivity index (χ1v) is 10.7. The second-order valence-corrected chi connectivity index (χ2v) is 8.42. The lowest BCUT2D eigenvalue weighted by molar-refractivity contribution is -0.149. The van der Waals surface area contributed by atoms with Crippen LogP contribution in [-0.4, -0.2) is 86.6 Å². The number of nitrogens with one attached hydrogen (secondary N) is 2. The number of nitrogens with zero attached hydrogens (tertiary/aromatic N) is 1. The molecule has 1 aliphatic rings. The Morgan fingerprint density at radius 2 is 1.58 bits per heavy atom. The van der Waals surface area contributed by atoms with Crippen LogP contribution < -0.4 is 16.4 Å². The molecule has 1 aliphatic heterocycles. The van der Waals surface area contributed by atoms with Crippen molar-refractivity contribution in [3.05, 3.63) is 0 Å². The molecular formula is C20H32N4O9. The maximum atomic E-state index is 13.1. The van der Waals surface area contributed by atoms with Gasteiger partial charge in [-0.15, -0.1) is 0 Å². The van der Waals surface area contributed by atoms with Crippen LogP contribution in [0.1, 0.15) is 52.4 Å². The summed E-state index contributed by atoms with van der Waals surface area (Å²) in [5.41, 5.74) is 5.51. The Labute approximate surface area is 190 Å². The first kappa shape index (κ1) is 27.8. The lowest BCUT2D eigenvalue weighted by Crippen LogP contribution is -2.57. The third-order valence-corrected chi connectivity index (χ3v) is 5.15. The molecule has 3 amide bonds. The standard InChI is InChI=1S/C20H32N4O9/c1-10(2)8-13(19(31)24-7-3-4-14(24)20(32)33)23-18(30)12(5-6-15(25)26)22-17(29)11(21)9-16(27)28/h10-14H,3-9,21H2,1-2H3,(H,22,29)(H,23,30)(H,25,26)(H,27,28)(H,32,33). The number of hydrogen-bond acceptors (Lipinski definition) is 7. The van der Waals surface area contributed by atoms with E-state index >= 15 is 0 Å².